The zero-order valence-corrected chi connectivity index (χ0v) is 11.1. The highest BCUT2D eigenvalue weighted by atomic mass is 15.3. The van der Waals surface area contributed by atoms with Crippen molar-refractivity contribution in [1.82, 2.24) is 9.78 Å². The predicted octanol–water partition coefficient (Wildman–Crippen LogP) is 3.09. The summed E-state index contributed by atoms with van der Waals surface area (Å²) in [4.78, 5) is 2.34. The Balaban J connectivity index is 1.70. The minimum absolute atomic E-state index is 0.838. The molecule has 0 saturated heterocycles. The SMILES string of the molecule is C1=CCN(c2ccn(Cc3ccccc3)n2)CCC1. The van der Waals surface area contributed by atoms with E-state index in [2.05, 4.69) is 58.7 Å². The second kappa shape index (κ2) is 5.74. The van der Waals surface area contributed by atoms with Crippen LogP contribution in [0.15, 0.2) is 54.7 Å². The molecule has 3 rings (SSSR count). The van der Waals surface area contributed by atoms with Crippen molar-refractivity contribution in [3.63, 3.8) is 0 Å². The first-order chi connectivity index (χ1) is 9.42. The maximum Gasteiger partial charge on any atom is 0.150 e. The zero-order chi connectivity index (χ0) is 12.9. The van der Waals surface area contributed by atoms with Gasteiger partial charge in [-0.1, -0.05) is 42.5 Å². The second-order valence-corrected chi connectivity index (χ2v) is 4.92. The molecule has 0 bridgehead atoms. The standard InChI is InChI=1S/C16H19N3/c1-2-7-12-18(11-6-1)16-10-13-19(17-16)14-15-8-4-3-5-9-15/h1,3-6,8-10,13H,2,7,11-12,14H2. The van der Waals surface area contributed by atoms with Gasteiger partial charge in [0.2, 0.25) is 0 Å². The summed E-state index contributed by atoms with van der Waals surface area (Å²) >= 11 is 0. The van der Waals surface area contributed by atoms with E-state index < -0.39 is 0 Å². The first kappa shape index (κ1) is 12.0. The van der Waals surface area contributed by atoms with E-state index in [9.17, 15) is 0 Å². The topological polar surface area (TPSA) is 21.1 Å². The number of nitrogens with zero attached hydrogens (tertiary/aromatic N) is 3. The van der Waals surface area contributed by atoms with Gasteiger partial charge in [-0.3, -0.25) is 4.68 Å². The van der Waals surface area contributed by atoms with Gasteiger partial charge in [0.1, 0.15) is 0 Å². The van der Waals surface area contributed by atoms with E-state index >= 15 is 0 Å². The van der Waals surface area contributed by atoms with Crippen LogP contribution < -0.4 is 4.90 Å². The molecule has 0 unspecified atom stereocenters. The third-order valence-corrected chi connectivity index (χ3v) is 3.43. The Labute approximate surface area is 114 Å². The van der Waals surface area contributed by atoms with E-state index in [1.54, 1.807) is 0 Å². The van der Waals surface area contributed by atoms with E-state index in [0.717, 1.165) is 25.5 Å². The molecule has 3 nitrogen and oxygen atoms in total. The molecule has 0 aliphatic carbocycles. The molecule has 0 spiro atoms. The van der Waals surface area contributed by atoms with E-state index in [-0.39, 0.29) is 0 Å². The fourth-order valence-corrected chi connectivity index (χ4v) is 2.40. The van der Waals surface area contributed by atoms with Crippen LogP contribution in [0.1, 0.15) is 18.4 Å². The van der Waals surface area contributed by atoms with Crippen molar-refractivity contribution in [2.45, 2.75) is 19.4 Å². The molecular weight excluding hydrogens is 234 g/mol. The molecule has 98 valence electrons. The second-order valence-electron chi connectivity index (χ2n) is 4.92. The van der Waals surface area contributed by atoms with Gasteiger partial charge in [-0.2, -0.15) is 5.10 Å². The maximum absolute atomic E-state index is 4.68. The molecule has 1 aliphatic rings. The van der Waals surface area contributed by atoms with Crippen molar-refractivity contribution in [2.24, 2.45) is 0 Å². The normalized spacial score (nSPS) is 15.5. The monoisotopic (exact) mass is 253 g/mol. The third-order valence-electron chi connectivity index (χ3n) is 3.43. The summed E-state index contributed by atoms with van der Waals surface area (Å²) < 4.78 is 2.01. The number of hydrogen-bond donors (Lipinski definition) is 0. The number of benzene rings is 1. The number of aromatic nitrogens is 2. The van der Waals surface area contributed by atoms with Crippen LogP contribution in [0.25, 0.3) is 0 Å². The lowest BCUT2D eigenvalue weighted by Crippen LogP contribution is -2.24. The van der Waals surface area contributed by atoms with E-state index in [4.69, 9.17) is 0 Å². The van der Waals surface area contributed by atoms with Crippen LogP contribution in [-0.2, 0) is 6.54 Å². The van der Waals surface area contributed by atoms with Crippen LogP contribution in [0, 0.1) is 0 Å². The molecule has 2 heterocycles. The molecule has 19 heavy (non-hydrogen) atoms. The molecule has 1 aliphatic heterocycles. The van der Waals surface area contributed by atoms with Gasteiger partial charge < -0.3 is 4.90 Å². The molecule has 0 amide bonds. The van der Waals surface area contributed by atoms with Gasteiger partial charge in [0, 0.05) is 25.4 Å². The van der Waals surface area contributed by atoms with Crippen LogP contribution in [-0.4, -0.2) is 22.9 Å². The summed E-state index contributed by atoms with van der Waals surface area (Å²) in [5, 5.41) is 4.68. The molecule has 0 saturated carbocycles. The van der Waals surface area contributed by atoms with Gasteiger partial charge in [-0.25, -0.2) is 0 Å². The van der Waals surface area contributed by atoms with E-state index in [1.165, 1.54) is 18.4 Å². The van der Waals surface area contributed by atoms with Crippen LogP contribution in [0.2, 0.25) is 0 Å². The summed E-state index contributed by atoms with van der Waals surface area (Å²) in [6.07, 6.45) is 8.96. The van der Waals surface area contributed by atoms with Crippen LogP contribution in [0.5, 0.6) is 0 Å². The van der Waals surface area contributed by atoms with Gasteiger partial charge >= 0.3 is 0 Å². The van der Waals surface area contributed by atoms with Crippen molar-refractivity contribution in [1.29, 1.82) is 0 Å². The first-order valence-corrected chi connectivity index (χ1v) is 6.89. The summed E-state index contributed by atoms with van der Waals surface area (Å²) in [5.41, 5.74) is 1.29. The smallest absolute Gasteiger partial charge is 0.150 e. The molecular formula is C16H19N3. The zero-order valence-electron chi connectivity index (χ0n) is 11.1. The summed E-state index contributed by atoms with van der Waals surface area (Å²) in [7, 11) is 0. The lowest BCUT2D eigenvalue weighted by molar-refractivity contribution is 0.675. The minimum atomic E-state index is 0.838. The number of anilines is 1. The third kappa shape index (κ3) is 3.05. The minimum Gasteiger partial charge on any atom is -0.351 e. The number of hydrogen-bond acceptors (Lipinski definition) is 2. The van der Waals surface area contributed by atoms with E-state index in [1.807, 2.05) is 10.7 Å². The van der Waals surface area contributed by atoms with Crippen LogP contribution >= 0.6 is 0 Å². The highest BCUT2D eigenvalue weighted by Crippen LogP contribution is 2.14. The van der Waals surface area contributed by atoms with Crippen molar-refractivity contribution < 1.29 is 0 Å². The maximum atomic E-state index is 4.68. The van der Waals surface area contributed by atoms with Crippen molar-refractivity contribution in [3.05, 3.63) is 60.3 Å². The Hall–Kier alpha value is -2.03. The molecule has 0 fully saturated rings. The van der Waals surface area contributed by atoms with Crippen molar-refractivity contribution >= 4 is 5.82 Å². The Kier molecular flexibility index (Phi) is 3.63. The highest BCUT2D eigenvalue weighted by molar-refractivity contribution is 5.38. The summed E-state index contributed by atoms with van der Waals surface area (Å²) in [6.45, 7) is 2.90. The lowest BCUT2D eigenvalue weighted by atomic mass is 10.2. The van der Waals surface area contributed by atoms with Gasteiger partial charge in [-0.15, -0.1) is 0 Å². The Morgan fingerprint density at radius 1 is 1.05 bits per heavy atom. The molecule has 1 aromatic heterocycles. The molecule has 0 radical (unpaired) electrons. The number of allylic oxidation sites excluding steroid dienone is 1. The average Bonchev–Trinajstić information content (AvgIpc) is 2.74. The Morgan fingerprint density at radius 3 is 2.84 bits per heavy atom. The molecule has 3 heteroatoms. The van der Waals surface area contributed by atoms with Gasteiger partial charge in [0.05, 0.1) is 6.54 Å². The quantitative estimate of drug-likeness (QED) is 0.784. The Bertz CT molecular complexity index is 542. The van der Waals surface area contributed by atoms with Crippen LogP contribution in [0.4, 0.5) is 5.82 Å². The highest BCUT2D eigenvalue weighted by Gasteiger charge is 2.09. The average molecular weight is 253 g/mol. The van der Waals surface area contributed by atoms with Gasteiger partial charge in [-0.05, 0) is 18.4 Å². The predicted molar refractivity (Wildman–Crippen MR) is 78.4 cm³/mol. The van der Waals surface area contributed by atoms with E-state index in [0.29, 0.717) is 0 Å². The molecule has 0 atom stereocenters. The van der Waals surface area contributed by atoms with Gasteiger partial charge in [0.15, 0.2) is 5.82 Å². The summed E-state index contributed by atoms with van der Waals surface area (Å²) in [6, 6.07) is 12.6. The Morgan fingerprint density at radius 2 is 1.95 bits per heavy atom. The first-order valence-electron chi connectivity index (χ1n) is 6.89. The molecule has 2 aromatic rings. The largest absolute Gasteiger partial charge is 0.351 e. The summed E-state index contributed by atoms with van der Waals surface area (Å²) in [5.74, 6) is 1.09. The van der Waals surface area contributed by atoms with Crippen molar-refractivity contribution in [2.75, 3.05) is 18.0 Å². The lowest BCUT2D eigenvalue weighted by Gasteiger charge is -2.18. The van der Waals surface area contributed by atoms with Crippen LogP contribution in [0.3, 0.4) is 0 Å². The van der Waals surface area contributed by atoms with Gasteiger partial charge in [0.25, 0.3) is 0 Å². The fraction of sp³-hybridized carbons (Fsp3) is 0.312. The number of rotatable bonds is 3. The molecule has 0 N–H and O–H groups in total. The molecule has 1 aromatic carbocycles. The fourth-order valence-electron chi connectivity index (χ4n) is 2.40. The van der Waals surface area contributed by atoms with Crippen molar-refractivity contribution in [3.8, 4) is 0 Å².